The number of carbonyl (C=O) groups excluding carboxylic acids is 1. The Labute approximate surface area is 110 Å². The number of nitrogens with one attached hydrogen (secondary N) is 1. The lowest BCUT2D eigenvalue weighted by Gasteiger charge is -2.38. The number of nitrogens with zero attached hydrogens (tertiary/aromatic N) is 1. The molecule has 2 saturated heterocycles. The average molecular weight is 254 g/mol. The molecule has 2 heterocycles. The van der Waals surface area contributed by atoms with Gasteiger partial charge in [-0.15, -0.1) is 0 Å². The summed E-state index contributed by atoms with van der Waals surface area (Å²) >= 11 is 0. The Morgan fingerprint density at radius 1 is 1.50 bits per heavy atom. The third-order valence-corrected chi connectivity index (χ3v) is 4.30. The fourth-order valence-electron chi connectivity index (χ4n) is 2.84. The summed E-state index contributed by atoms with van der Waals surface area (Å²) in [5, 5.41) is 3.25. The average Bonchev–Trinajstić information content (AvgIpc) is 2.33. The molecule has 1 amide bonds. The Balaban J connectivity index is 1.81. The maximum Gasteiger partial charge on any atom is 0.225 e. The number of ether oxygens (including phenoxy) is 1. The summed E-state index contributed by atoms with van der Waals surface area (Å²) in [6, 6.07) is 0. The summed E-state index contributed by atoms with van der Waals surface area (Å²) in [5.41, 5.74) is 0. The van der Waals surface area contributed by atoms with Gasteiger partial charge in [0.1, 0.15) is 0 Å². The van der Waals surface area contributed by atoms with E-state index in [1.54, 1.807) is 0 Å². The van der Waals surface area contributed by atoms with Gasteiger partial charge in [0.2, 0.25) is 5.91 Å². The first-order valence-corrected chi connectivity index (χ1v) is 7.29. The van der Waals surface area contributed by atoms with Crippen molar-refractivity contribution < 1.29 is 9.53 Å². The molecule has 0 radical (unpaired) electrons. The first kappa shape index (κ1) is 13.8. The van der Waals surface area contributed by atoms with Crippen LogP contribution in [0.1, 0.15) is 26.7 Å². The van der Waals surface area contributed by atoms with Gasteiger partial charge in [-0.25, -0.2) is 0 Å². The lowest BCUT2D eigenvalue weighted by molar-refractivity contribution is -0.139. The van der Waals surface area contributed by atoms with Crippen LogP contribution in [0.25, 0.3) is 0 Å². The third kappa shape index (κ3) is 3.23. The van der Waals surface area contributed by atoms with Gasteiger partial charge >= 0.3 is 0 Å². The maximum absolute atomic E-state index is 12.4. The van der Waals surface area contributed by atoms with Crippen LogP contribution in [0.3, 0.4) is 0 Å². The smallest absolute Gasteiger partial charge is 0.225 e. The minimum absolute atomic E-state index is 0.178. The molecule has 2 unspecified atom stereocenters. The largest absolute Gasteiger partial charge is 0.381 e. The minimum Gasteiger partial charge on any atom is -0.381 e. The lowest BCUT2D eigenvalue weighted by atomic mass is 9.87. The Hall–Kier alpha value is -0.610. The second kappa shape index (κ2) is 6.53. The second-order valence-electron chi connectivity index (χ2n) is 5.66. The van der Waals surface area contributed by atoms with Crippen molar-refractivity contribution in [3.63, 3.8) is 0 Å². The van der Waals surface area contributed by atoms with Crippen LogP contribution in [-0.4, -0.2) is 50.2 Å². The molecule has 1 N–H and O–H groups in total. The number of likely N-dealkylation sites (tertiary alicyclic amines) is 1. The molecule has 2 rings (SSSR count). The highest BCUT2D eigenvalue weighted by Crippen LogP contribution is 2.23. The fourth-order valence-corrected chi connectivity index (χ4v) is 2.84. The Kier molecular flexibility index (Phi) is 5.01. The molecule has 4 heteroatoms. The molecule has 0 aromatic heterocycles. The normalized spacial score (nSPS) is 26.8. The topological polar surface area (TPSA) is 41.6 Å². The van der Waals surface area contributed by atoms with Gasteiger partial charge in [0.15, 0.2) is 0 Å². The van der Waals surface area contributed by atoms with E-state index < -0.39 is 0 Å². The summed E-state index contributed by atoms with van der Waals surface area (Å²) in [6.07, 6.45) is 2.32. The van der Waals surface area contributed by atoms with E-state index in [2.05, 4.69) is 17.1 Å². The van der Waals surface area contributed by atoms with Crippen LogP contribution in [-0.2, 0) is 9.53 Å². The molecule has 2 aliphatic rings. The predicted molar refractivity (Wildman–Crippen MR) is 71.3 cm³/mol. The molecule has 4 nitrogen and oxygen atoms in total. The molecule has 0 aliphatic carbocycles. The summed E-state index contributed by atoms with van der Waals surface area (Å²) in [4.78, 5) is 14.5. The van der Waals surface area contributed by atoms with Crippen molar-refractivity contribution in [2.45, 2.75) is 26.7 Å². The van der Waals surface area contributed by atoms with Gasteiger partial charge in [0, 0.05) is 25.6 Å². The predicted octanol–water partition coefficient (Wildman–Crippen LogP) is 1.12. The first-order valence-electron chi connectivity index (χ1n) is 7.29. The van der Waals surface area contributed by atoms with Crippen molar-refractivity contribution in [2.75, 3.05) is 39.4 Å². The van der Waals surface area contributed by atoms with Gasteiger partial charge < -0.3 is 15.0 Å². The highest BCUT2D eigenvalue weighted by atomic mass is 16.5. The maximum atomic E-state index is 12.4. The summed E-state index contributed by atoms with van der Waals surface area (Å²) < 4.78 is 5.49. The molecule has 0 aromatic carbocycles. The van der Waals surface area contributed by atoms with E-state index >= 15 is 0 Å². The van der Waals surface area contributed by atoms with E-state index in [9.17, 15) is 4.79 Å². The van der Waals surface area contributed by atoms with Crippen molar-refractivity contribution in [2.24, 2.45) is 17.8 Å². The van der Waals surface area contributed by atoms with Crippen LogP contribution in [0.4, 0.5) is 0 Å². The second-order valence-corrected chi connectivity index (χ2v) is 5.66. The lowest BCUT2D eigenvalue weighted by Crippen LogP contribution is -2.52. The minimum atomic E-state index is 0.178. The number of piperidine rings is 1. The van der Waals surface area contributed by atoms with E-state index in [4.69, 9.17) is 4.74 Å². The Morgan fingerprint density at radius 2 is 2.28 bits per heavy atom. The zero-order chi connectivity index (χ0) is 13.0. The van der Waals surface area contributed by atoms with Crippen molar-refractivity contribution in [3.8, 4) is 0 Å². The monoisotopic (exact) mass is 254 g/mol. The fraction of sp³-hybridized carbons (Fsp3) is 0.929. The molecule has 0 saturated carbocycles. The molecule has 2 fully saturated rings. The van der Waals surface area contributed by atoms with Crippen LogP contribution in [0.5, 0.6) is 0 Å². The number of rotatable bonds is 5. The molecule has 0 aromatic rings. The number of carbonyl (C=O) groups is 1. The van der Waals surface area contributed by atoms with Gasteiger partial charge in [-0.1, -0.05) is 6.92 Å². The number of amides is 1. The van der Waals surface area contributed by atoms with Crippen molar-refractivity contribution in [1.82, 2.24) is 10.2 Å². The molecule has 2 atom stereocenters. The summed E-state index contributed by atoms with van der Waals surface area (Å²) in [7, 11) is 0. The van der Waals surface area contributed by atoms with E-state index in [0.717, 1.165) is 45.8 Å². The molecular formula is C14H26N2O2. The molecule has 0 bridgehead atoms. The van der Waals surface area contributed by atoms with Gasteiger partial charge in [-0.05, 0) is 44.7 Å². The van der Waals surface area contributed by atoms with Crippen LogP contribution in [0.15, 0.2) is 0 Å². The van der Waals surface area contributed by atoms with E-state index in [1.807, 2.05) is 6.92 Å². The third-order valence-electron chi connectivity index (χ3n) is 4.30. The van der Waals surface area contributed by atoms with Gasteiger partial charge in [-0.3, -0.25) is 4.79 Å². The molecule has 0 spiro atoms. The Morgan fingerprint density at radius 3 is 2.89 bits per heavy atom. The van der Waals surface area contributed by atoms with E-state index in [1.165, 1.54) is 6.42 Å². The standard InChI is InChI=1S/C14H26N2O2/c1-3-18-10-12-5-4-6-16(9-12)14(17)11(2)13-7-15-8-13/h11-13,15H,3-10H2,1-2H3. The van der Waals surface area contributed by atoms with E-state index in [-0.39, 0.29) is 5.92 Å². The number of hydrogen-bond donors (Lipinski definition) is 1. The van der Waals surface area contributed by atoms with Crippen LogP contribution >= 0.6 is 0 Å². The van der Waals surface area contributed by atoms with Crippen molar-refractivity contribution >= 4 is 5.91 Å². The highest BCUT2D eigenvalue weighted by Gasteiger charge is 2.33. The zero-order valence-electron chi connectivity index (χ0n) is 11.7. The molecule has 18 heavy (non-hydrogen) atoms. The van der Waals surface area contributed by atoms with Gasteiger partial charge in [0.05, 0.1) is 6.61 Å². The summed E-state index contributed by atoms with van der Waals surface area (Å²) in [5.74, 6) is 1.61. The molecule has 104 valence electrons. The van der Waals surface area contributed by atoms with Crippen molar-refractivity contribution in [3.05, 3.63) is 0 Å². The highest BCUT2D eigenvalue weighted by molar-refractivity contribution is 5.79. The summed E-state index contributed by atoms with van der Waals surface area (Å²) in [6.45, 7) is 9.52. The first-order chi connectivity index (χ1) is 8.72. The van der Waals surface area contributed by atoms with Crippen LogP contribution < -0.4 is 5.32 Å². The quantitative estimate of drug-likeness (QED) is 0.799. The van der Waals surface area contributed by atoms with Gasteiger partial charge in [0.25, 0.3) is 0 Å². The van der Waals surface area contributed by atoms with Crippen LogP contribution in [0.2, 0.25) is 0 Å². The van der Waals surface area contributed by atoms with Gasteiger partial charge in [-0.2, -0.15) is 0 Å². The molecular weight excluding hydrogens is 228 g/mol. The van der Waals surface area contributed by atoms with E-state index in [0.29, 0.717) is 17.7 Å². The SMILES string of the molecule is CCOCC1CCCN(C(=O)C(C)C2CNC2)C1. The number of hydrogen-bond acceptors (Lipinski definition) is 3. The zero-order valence-corrected chi connectivity index (χ0v) is 11.7. The van der Waals surface area contributed by atoms with Crippen LogP contribution in [0, 0.1) is 17.8 Å². The molecule has 2 aliphatic heterocycles. The Bertz CT molecular complexity index is 279. The van der Waals surface area contributed by atoms with Crippen molar-refractivity contribution in [1.29, 1.82) is 0 Å².